The molecule has 0 spiro atoms. The average Bonchev–Trinajstić information content (AvgIpc) is 2.68. The summed E-state index contributed by atoms with van der Waals surface area (Å²) in [6.07, 6.45) is 2.92. The lowest BCUT2D eigenvalue weighted by molar-refractivity contribution is -0.122. The first-order chi connectivity index (χ1) is 13.1. The SMILES string of the molecule is CCSCc1ccccc1-c1ccc(-c2cnc(N)cn2)c(F)c1.O=CO. The number of nitrogens with two attached hydrogens (primary N) is 1. The molecule has 0 saturated carbocycles. The molecule has 1 aromatic heterocycles. The van der Waals surface area contributed by atoms with Gasteiger partial charge in [0.15, 0.2) is 0 Å². The molecule has 2 aromatic carbocycles. The summed E-state index contributed by atoms with van der Waals surface area (Å²) < 4.78 is 14.6. The lowest BCUT2D eigenvalue weighted by atomic mass is 9.98. The molecule has 0 aliphatic heterocycles. The highest BCUT2D eigenvalue weighted by molar-refractivity contribution is 7.98. The summed E-state index contributed by atoms with van der Waals surface area (Å²) in [5.41, 5.74) is 9.57. The number of nitrogens with zero attached hydrogens (tertiary/aromatic N) is 2. The summed E-state index contributed by atoms with van der Waals surface area (Å²) in [6, 6.07) is 13.3. The normalized spacial score (nSPS) is 10.0. The van der Waals surface area contributed by atoms with Crippen molar-refractivity contribution >= 4 is 24.1 Å². The first-order valence-electron chi connectivity index (χ1n) is 8.22. The minimum atomic E-state index is -0.315. The first kappa shape index (κ1) is 20.4. The monoisotopic (exact) mass is 385 g/mol. The van der Waals surface area contributed by atoms with Crippen molar-refractivity contribution in [3.8, 4) is 22.4 Å². The largest absolute Gasteiger partial charge is 0.483 e. The van der Waals surface area contributed by atoms with Gasteiger partial charge in [-0.25, -0.2) is 9.37 Å². The fourth-order valence-electron chi connectivity index (χ4n) is 2.51. The van der Waals surface area contributed by atoms with Crippen LogP contribution in [0.1, 0.15) is 12.5 Å². The molecule has 3 aromatic rings. The first-order valence-corrected chi connectivity index (χ1v) is 9.37. The summed E-state index contributed by atoms with van der Waals surface area (Å²) >= 11 is 1.85. The molecule has 0 amide bonds. The standard InChI is InChI=1S/C19H18FN3S.CH2O2/c1-2-24-12-14-5-3-4-6-15(14)13-7-8-16(17(20)9-13)18-10-23-19(21)11-22-18;2-1-3/h3-11H,2,12H2,1H3,(H2,21,23);1H,(H,2,3). The van der Waals surface area contributed by atoms with Crippen LogP contribution < -0.4 is 5.73 Å². The highest BCUT2D eigenvalue weighted by Crippen LogP contribution is 2.30. The van der Waals surface area contributed by atoms with Crippen LogP contribution in [0.3, 0.4) is 0 Å². The van der Waals surface area contributed by atoms with Crippen LogP contribution in [-0.4, -0.2) is 27.3 Å². The quantitative estimate of drug-likeness (QED) is 0.629. The molecule has 0 saturated heterocycles. The molecule has 3 N–H and O–H groups in total. The van der Waals surface area contributed by atoms with E-state index in [4.69, 9.17) is 15.6 Å². The summed E-state index contributed by atoms with van der Waals surface area (Å²) in [7, 11) is 0. The van der Waals surface area contributed by atoms with E-state index in [1.165, 1.54) is 18.0 Å². The summed E-state index contributed by atoms with van der Waals surface area (Å²) in [4.78, 5) is 16.5. The third-order valence-corrected chi connectivity index (χ3v) is 4.63. The molecule has 0 unspecified atom stereocenters. The topological polar surface area (TPSA) is 89.1 Å². The van der Waals surface area contributed by atoms with Crippen LogP contribution in [0.2, 0.25) is 0 Å². The molecular formula is C20H20FN3O2S. The van der Waals surface area contributed by atoms with Crippen LogP contribution in [-0.2, 0) is 10.5 Å². The number of thioether (sulfide) groups is 1. The molecule has 140 valence electrons. The zero-order valence-electron chi connectivity index (χ0n) is 14.8. The van der Waals surface area contributed by atoms with Crippen molar-refractivity contribution in [2.24, 2.45) is 0 Å². The number of halogens is 1. The Labute approximate surface area is 161 Å². The third kappa shape index (κ3) is 5.52. The summed E-state index contributed by atoms with van der Waals surface area (Å²) in [5, 5.41) is 6.89. The van der Waals surface area contributed by atoms with Crippen LogP contribution in [0, 0.1) is 5.82 Å². The Morgan fingerprint density at radius 1 is 1.15 bits per heavy atom. The van der Waals surface area contributed by atoms with Crippen LogP contribution in [0.5, 0.6) is 0 Å². The van der Waals surface area contributed by atoms with Gasteiger partial charge in [0.05, 0.1) is 18.1 Å². The van der Waals surface area contributed by atoms with Crippen molar-refractivity contribution < 1.29 is 14.3 Å². The van der Waals surface area contributed by atoms with Crippen molar-refractivity contribution in [3.05, 3.63) is 66.2 Å². The van der Waals surface area contributed by atoms with Gasteiger partial charge in [-0.3, -0.25) is 9.78 Å². The molecule has 0 atom stereocenters. The molecule has 0 radical (unpaired) electrons. The fourth-order valence-corrected chi connectivity index (χ4v) is 3.18. The number of hydrogen-bond acceptors (Lipinski definition) is 5. The number of benzene rings is 2. The molecular weight excluding hydrogens is 365 g/mol. The van der Waals surface area contributed by atoms with E-state index in [9.17, 15) is 4.39 Å². The molecule has 3 rings (SSSR count). The number of anilines is 1. The Balaban J connectivity index is 0.000000817. The molecule has 1 heterocycles. The number of aromatic nitrogens is 2. The van der Waals surface area contributed by atoms with Gasteiger partial charge >= 0.3 is 0 Å². The van der Waals surface area contributed by atoms with E-state index in [0.717, 1.165) is 22.6 Å². The Hall–Kier alpha value is -2.93. The fraction of sp³-hybridized carbons (Fsp3) is 0.150. The second-order valence-corrected chi connectivity index (χ2v) is 6.70. The molecule has 27 heavy (non-hydrogen) atoms. The average molecular weight is 385 g/mol. The van der Waals surface area contributed by atoms with Crippen LogP contribution in [0.25, 0.3) is 22.4 Å². The van der Waals surface area contributed by atoms with Gasteiger partial charge in [0.2, 0.25) is 0 Å². The third-order valence-electron chi connectivity index (χ3n) is 3.71. The van der Waals surface area contributed by atoms with Gasteiger partial charge in [0, 0.05) is 11.3 Å². The predicted molar refractivity (Wildman–Crippen MR) is 108 cm³/mol. The van der Waals surface area contributed by atoms with Gasteiger partial charge in [-0.1, -0.05) is 37.3 Å². The van der Waals surface area contributed by atoms with Gasteiger partial charge in [-0.15, -0.1) is 0 Å². The van der Waals surface area contributed by atoms with E-state index in [2.05, 4.69) is 23.0 Å². The van der Waals surface area contributed by atoms with Crippen molar-refractivity contribution in [1.82, 2.24) is 9.97 Å². The zero-order chi connectivity index (χ0) is 19.6. The zero-order valence-corrected chi connectivity index (χ0v) is 15.6. The van der Waals surface area contributed by atoms with Crippen molar-refractivity contribution in [3.63, 3.8) is 0 Å². The van der Waals surface area contributed by atoms with Crippen LogP contribution in [0.15, 0.2) is 54.9 Å². The van der Waals surface area contributed by atoms with E-state index >= 15 is 0 Å². The van der Waals surface area contributed by atoms with Gasteiger partial charge in [-0.05, 0) is 34.6 Å². The number of carbonyl (C=O) groups is 1. The molecule has 5 nitrogen and oxygen atoms in total. The number of hydrogen-bond donors (Lipinski definition) is 2. The Morgan fingerprint density at radius 2 is 1.89 bits per heavy atom. The molecule has 0 bridgehead atoms. The van der Waals surface area contributed by atoms with Crippen LogP contribution >= 0.6 is 11.8 Å². The van der Waals surface area contributed by atoms with Gasteiger partial charge < -0.3 is 10.8 Å². The highest BCUT2D eigenvalue weighted by Gasteiger charge is 2.11. The molecule has 0 aliphatic carbocycles. The van der Waals surface area contributed by atoms with Gasteiger partial charge in [0.25, 0.3) is 6.47 Å². The maximum atomic E-state index is 14.6. The van der Waals surface area contributed by atoms with E-state index < -0.39 is 0 Å². The minimum Gasteiger partial charge on any atom is -0.483 e. The summed E-state index contributed by atoms with van der Waals surface area (Å²) in [5.74, 6) is 1.97. The second kappa shape index (κ2) is 10.3. The maximum absolute atomic E-state index is 14.6. The van der Waals surface area contributed by atoms with Crippen molar-refractivity contribution in [2.45, 2.75) is 12.7 Å². The molecule has 0 fully saturated rings. The minimum absolute atomic E-state index is 0.250. The van der Waals surface area contributed by atoms with Crippen LogP contribution in [0.4, 0.5) is 10.2 Å². The lowest BCUT2D eigenvalue weighted by Gasteiger charge is -2.11. The number of nitrogen functional groups attached to an aromatic ring is 1. The lowest BCUT2D eigenvalue weighted by Crippen LogP contribution is -1.95. The molecule has 0 aliphatic rings. The van der Waals surface area contributed by atoms with Crippen molar-refractivity contribution in [1.29, 1.82) is 0 Å². The Bertz CT molecular complexity index is 889. The van der Waals surface area contributed by atoms with E-state index in [1.807, 2.05) is 36.0 Å². The highest BCUT2D eigenvalue weighted by atomic mass is 32.2. The number of carboxylic acid groups (broad SMARTS) is 1. The second-order valence-electron chi connectivity index (χ2n) is 5.42. The van der Waals surface area contributed by atoms with Gasteiger partial charge in [-0.2, -0.15) is 11.8 Å². The van der Waals surface area contributed by atoms with E-state index in [0.29, 0.717) is 17.1 Å². The van der Waals surface area contributed by atoms with Gasteiger partial charge in [0.1, 0.15) is 11.6 Å². The number of rotatable bonds is 5. The molecule has 7 heteroatoms. The predicted octanol–water partition coefficient (Wildman–Crippen LogP) is 4.49. The maximum Gasteiger partial charge on any atom is 0.290 e. The Kier molecular flexibility index (Phi) is 7.76. The summed E-state index contributed by atoms with van der Waals surface area (Å²) in [6.45, 7) is 1.88. The smallest absolute Gasteiger partial charge is 0.290 e. The van der Waals surface area contributed by atoms with E-state index in [1.54, 1.807) is 12.1 Å². The van der Waals surface area contributed by atoms with E-state index in [-0.39, 0.29) is 12.3 Å². The Morgan fingerprint density at radius 3 is 2.52 bits per heavy atom. The van der Waals surface area contributed by atoms with Crippen molar-refractivity contribution in [2.75, 3.05) is 11.5 Å².